The van der Waals surface area contributed by atoms with Crippen LogP contribution >= 0.6 is 42.6 Å². The molecule has 0 aromatic carbocycles. The maximum Gasteiger partial charge on any atom is 0.466 e. The van der Waals surface area contributed by atoms with Crippen LogP contribution in [0.25, 0.3) is 0 Å². The minimum Gasteiger partial charge on any atom is -0.303 e. The molecule has 0 bridgehead atoms. The van der Waals surface area contributed by atoms with Crippen LogP contribution in [0.1, 0.15) is 0 Å². The molecule has 14 heavy (non-hydrogen) atoms. The highest BCUT2D eigenvalue weighted by atomic mass is 35.5. The van der Waals surface area contributed by atoms with Crippen molar-refractivity contribution in [3.63, 3.8) is 0 Å². The monoisotopic (exact) mass is 284 g/mol. The van der Waals surface area contributed by atoms with Crippen LogP contribution in [0.5, 0.6) is 0 Å². The molecule has 0 saturated carbocycles. The quantitative estimate of drug-likeness (QED) is 0.597. The second kappa shape index (κ2) is 23.2. The predicted molar refractivity (Wildman–Crippen MR) is 62.4 cm³/mol. The van der Waals surface area contributed by atoms with Gasteiger partial charge in [0, 0.05) is 0 Å². The van der Waals surface area contributed by atoms with E-state index in [2.05, 4.69) is 19.7 Å². The third-order valence-corrected chi connectivity index (χ3v) is 0. The molecule has 0 aromatic rings. The molecular formula is C6H12Cl3O4P. The van der Waals surface area contributed by atoms with Gasteiger partial charge in [0.05, 0.1) is 0 Å². The van der Waals surface area contributed by atoms with Gasteiger partial charge in [0.25, 0.3) is 0 Å². The number of hydrogen-bond donors (Lipinski definition) is 3. The number of hydrogen-bond acceptors (Lipinski definition) is 1. The number of phosphoric acid groups is 1. The standard InChI is InChI=1S/3C2H3Cl.H3O4P/c3*1-2-3;1-5(2,3)4/h3*2H,1H2;(H3,1,2,3,4). The molecular weight excluding hydrogens is 273 g/mol. The maximum atomic E-state index is 8.88. The summed E-state index contributed by atoms with van der Waals surface area (Å²) in [4.78, 5) is 21.6. The van der Waals surface area contributed by atoms with Crippen molar-refractivity contribution in [2.45, 2.75) is 0 Å². The minimum absolute atomic E-state index is 1.22. The Kier molecular flexibility index (Phi) is 39.4. The summed E-state index contributed by atoms with van der Waals surface area (Å²) in [5.41, 5.74) is 3.67. The van der Waals surface area contributed by atoms with Crippen molar-refractivity contribution < 1.29 is 19.2 Å². The fraction of sp³-hybridized carbons (Fsp3) is 0. The zero-order chi connectivity index (χ0) is 12.6. The van der Waals surface area contributed by atoms with Gasteiger partial charge in [-0.2, -0.15) is 0 Å². The van der Waals surface area contributed by atoms with Gasteiger partial charge in [0.15, 0.2) is 0 Å². The third-order valence-electron chi connectivity index (χ3n) is 0. The Morgan fingerprint density at radius 3 is 0.857 bits per heavy atom. The molecule has 0 fully saturated rings. The zero-order valence-corrected chi connectivity index (χ0v) is 10.3. The van der Waals surface area contributed by atoms with E-state index >= 15 is 0 Å². The van der Waals surface area contributed by atoms with Crippen LogP contribution in [0.15, 0.2) is 36.3 Å². The van der Waals surface area contributed by atoms with Gasteiger partial charge in [0.1, 0.15) is 0 Å². The summed E-state index contributed by atoms with van der Waals surface area (Å²) in [6.45, 7) is 9.38. The van der Waals surface area contributed by atoms with Gasteiger partial charge in [0.2, 0.25) is 0 Å². The van der Waals surface area contributed by atoms with Crippen molar-refractivity contribution >= 4 is 42.6 Å². The molecule has 0 amide bonds. The van der Waals surface area contributed by atoms with Crippen LogP contribution in [-0.2, 0) is 4.57 Å². The lowest BCUT2D eigenvalue weighted by Gasteiger charge is -1.82. The molecule has 0 aliphatic rings. The molecule has 0 aliphatic heterocycles. The molecule has 3 N–H and O–H groups in total. The van der Waals surface area contributed by atoms with Crippen LogP contribution < -0.4 is 0 Å². The molecule has 0 rings (SSSR count). The highest BCUT2D eigenvalue weighted by Crippen LogP contribution is 2.25. The molecule has 0 aromatic heterocycles. The largest absolute Gasteiger partial charge is 0.466 e. The molecule has 0 saturated heterocycles. The molecule has 0 atom stereocenters. The van der Waals surface area contributed by atoms with Gasteiger partial charge < -0.3 is 14.7 Å². The average Bonchev–Trinajstić information content (AvgIpc) is 1.86. The lowest BCUT2D eigenvalue weighted by molar-refractivity contribution is 0.275. The Morgan fingerprint density at radius 1 is 0.857 bits per heavy atom. The Hall–Kier alpha value is 0.200. The van der Waals surface area contributed by atoms with Crippen molar-refractivity contribution in [3.05, 3.63) is 36.3 Å². The summed E-state index contributed by atoms with van der Waals surface area (Å²) >= 11 is 14.3. The molecule has 0 heterocycles. The van der Waals surface area contributed by atoms with Gasteiger partial charge in [-0.25, -0.2) is 4.57 Å². The Bertz CT molecular complexity index is 146. The van der Waals surface area contributed by atoms with E-state index in [9.17, 15) is 0 Å². The van der Waals surface area contributed by atoms with E-state index in [4.69, 9.17) is 54.0 Å². The summed E-state index contributed by atoms with van der Waals surface area (Å²) in [6.07, 6.45) is 0. The number of halogens is 3. The Morgan fingerprint density at radius 2 is 0.857 bits per heavy atom. The summed E-state index contributed by atoms with van der Waals surface area (Å²) in [7, 11) is -4.64. The molecule has 86 valence electrons. The normalized spacial score (nSPS) is 7.00. The maximum absolute atomic E-state index is 8.88. The smallest absolute Gasteiger partial charge is 0.303 e. The second-order valence-electron chi connectivity index (χ2n) is 0.976. The fourth-order valence-corrected chi connectivity index (χ4v) is 0. The van der Waals surface area contributed by atoms with Crippen molar-refractivity contribution in [1.82, 2.24) is 0 Å². The van der Waals surface area contributed by atoms with Crippen molar-refractivity contribution in [2.75, 3.05) is 0 Å². The zero-order valence-electron chi connectivity index (χ0n) is 7.18. The highest BCUT2D eigenvalue weighted by Gasteiger charge is 2.00. The van der Waals surface area contributed by atoms with Crippen molar-refractivity contribution in [2.24, 2.45) is 0 Å². The SMILES string of the molecule is C=CCl.C=CCl.C=CCl.O=P(O)(O)O. The predicted octanol–water partition coefficient (Wildman–Crippen LogP) is 3.18. The van der Waals surface area contributed by atoms with Gasteiger partial charge in [-0.1, -0.05) is 54.5 Å². The molecule has 0 radical (unpaired) electrons. The van der Waals surface area contributed by atoms with E-state index < -0.39 is 7.82 Å². The van der Waals surface area contributed by atoms with Crippen LogP contribution in [-0.4, -0.2) is 14.7 Å². The van der Waals surface area contributed by atoms with Crippen molar-refractivity contribution in [1.29, 1.82) is 0 Å². The highest BCUT2D eigenvalue weighted by molar-refractivity contribution is 7.45. The van der Waals surface area contributed by atoms with Gasteiger partial charge in [-0.05, 0) is 16.6 Å². The molecule has 8 heteroatoms. The van der Waals surface area contributed by atoms with E-state index in [0.717, 1.165) is 0 Å². The van der Waals surface area contributed by atoms with Gasteiger partial charge in [-0.3, -0.25) is 0 Å². The summed E-state index contributed by atoms with van der Waals surface area (Å²) in [5, 5.41) is 0. The Balaban J connectivity index is -0.0000000495. The van der Waals surface area contributed by atoms with Crippen LogP contribution in [0.2, 0.25) is 0 Å². The third kappa shape index (κ3) is 38300. The molecule has 0 spiro atoms. The summed E-state index contributed by atoms with van der Waals surface area (Å²) in [5.74, 6) is 0. The first-order chi connectivity index (χ1) is 6.24. The van der Waals surface area contributed by atoms with Crippen molar-refractivity contribution in [3.8, 4) is 0 Å². The van der Waals surface area contributed by atoms with Gasteiger partial charge >= 0.3 is 7.82 Å². The lowest BCUT2D eigenvalue weighted by atomic mass is 11.3. The van der Waals surface area contributed by atoms with E-state index in [0.29, 0.717) is 0 Å². The molecule has 4 nitrogen and oxygen atoms in total. The van der Waals surface area contributed by atoms with E-state index in [1.54, 1.807) is 0 Å². The number of rotatable bonds is 0. The van der Waals surface area contributed by atoms with Crippen LogP contribution in [0.3, 0.4) is 0 Å². The van der Waals surface area contributed by atoms with E-state index in [1.807, 2.05) is 0 Å². The van der Waals surface area contributed by atoms with Gasteiger partial charge in [-0.15, -0.1) is 0 Å². The van der Waals surface area contributed by atoms with Crippen LogP contribution in [0, 0.1) is 0 Å². The summed E-state index contributed by atoms with van der Waals surface area (Å²) < 4.78 is 8.88. The Labute approximate surface area is 98.4 Å². The molecule has 0 unspecified atom stereocenters. The summed E-state index contributed by atoms with van der Waals surface area (Å²) in [6, 6.07) is 0. The van der Waals surface area contributed by atoms with E-state index in [-0.39, 0.29) is 0 Å². The first kappa shape index (κ1) is 23.8. The second-order valence-corrected chi connectivity index (χ2v) is 2.93. The van der Waals surface area contributed by atoms with E-state index in [1.165, 1.54) is 16.6 Å². The first-order valence-electron chi connectivity index (χ1n) is 2.66. The fourth-order valence-electron chi connectivity index (χ4n) is 0. The molecule has 0 aliphatic carbocycles. The minimum atomic E-state index is -4.64. The topological polar surface area (TPSA) is 77.8 Å². The average molecular weight is 285 g/mol. The van der Waals surface area contributed by atoms with Crippen LogP contribution in [0.4, 0.5) is 0 Å². The lowest BCUT2D eigenvalue weighted by Crippen LogP contribution is -1.66. The first-order valence-corrected chi connectivity index (χ1v) is 5.54.